The van der Waals surface area contributed by atoms with Crippen LogP contribution in [0.5, 0.6) is 0 Å². The average molecular weight is 769 g/mol. The van der Waals surface area contributed by atoms with Gasteiger partial charge in [0.2, 0.25) is 0 Å². The van der Waals surface area contributed by atoms with Gasteiger partial charge in [-0.25, -0.2) is 0 Å². The van der Waals surface area contributed by atoms with Crippen molar-refractivity contribution >= 4 is 99.0 Å². The van der Waals surface area contributed by atoms with Gasteiger partial charge in [0.1, 0.15) is 0 Å². The highest BCUT2D eigenvalue weighted by Gasteiger charge is 2.57. The van der Waals surface area contributed by atoms with E-state index in [1.165, 1.54) is 120 Å². The van der Waals surface area contributed by atoms with Crippen LogP contribution >= 0.6 is 11.3 Å². The number of hydrogen-bond donors (Lipinski definition) is 0. The van der Waals surface area contributed by atoms with E-state index in [4.69, 9.17) is 0 Å². The Hall–Kier alpha value is -6.62. The summed E-state index contributed by atoms with van der Waals surface area (Å²) >= 11 is 1.99. The molecule has 0 amide bonds. The largest absolute Gasteiger partial charge is 0.310 e. The van der Waals surface area contributed by atoms with Gasteiger partial charge in [-0.1, -0.05) is 154 Å². The van der Waals surface area contributed by atoms with E-state index in [1.807, 2.05) is 11.3 Å². The molecule has 5 heterocycles. The lowest BCUT2D eigenvalue weighted by Crippen LogP contribution is -2.64. The lowest BCUT2D eigenvalue weighted by atomic mass is 9.31. The maximum Gasteiger partial charge on any atom is 0.260 e. The van der Waals surface area contributed by atoms with Crippen molar-refractivity contribution in [1.82, 2.24) is 4.40 Å². The number of rotatable bonds is 1. The molecule has 0 fully saturated rings. The minimum atomic E-state index is -0.563. The van der Waals surface area contributed by atoms with Crippen LogP contribution in [-0.2, 0) is 10.8 Å². The van der Waals surface area contributed by atoms with Crippen molar-refractivity contribution in [2.75, 3.05) is 4.90 Å². The van der Waals surface area contributed by atoms with Crippen molar-refractivity contribution in [2.45, 2.75) is 31.6 Å². The third kappa shape index (κ3) is 3.77. The Balaban J connectivity index is 1.29. The number of para-hydroxylation sites is 3. The zero-order valence-electron chi connectivity index (χ0n) is 33.0. The summed E-state index contributed by atoms with van der Waals surface area (Å²) in [5.41, 5.74) is 19.5. The van der Waals surface area contributed by atoms with Crippen molar-refractivity contribution in [3.63, 3.8) is 0 Å². The van der Waals surface area contributed by atoms with Crippen LogP contribution in [0.1, 0.15) is 48.6 Å². The smallest absolute Gasteiger partial charge is 0.260 e. The molecule has 11 aromatic rings. The molecule has 0 bridgehead atoms. The summed E-state index contributed by atoms with van der Waals surface area (Å²) < 4.78 is 5.32. The van der Waals surface area contributed by atoms with E-state index < -0.39 is 5.41 Å². The molecule has 1 aliphatic carbocycles. The molecule has 59 heavy (non-hydrogen) atoms. The van der Waals surface area contributed by atoms with Crippen molar-refractivity contribution in [1.29, 1.82) is 0 Å². The number of aromatic nitrogens is 1. The van der Waals surface area contributed by atoms with Gasteiger partial charge in [-0.3, -0.25) is 0 Å². The first-order valence-electron chi connectivity index (χ1n) is 20.9. The summed E-state index contributed by atoms with van der Waals surface area (Å²) in [6, 6.07) is 65.0. The van der Waals surface area contributed by atoms with Crippen molar-refractivity contribution in [2.24, 2.45) is 0 Å². The van der Waals surface area contributed by atoms with Crippen LogP contribution < -0.4 is 20.6 Å². The maximum atomic E-state index is 2.65. The second-order valence-corrected chi connectivity index (χ2v) is 19.0. The molecular weight excluding hydrogens is 731 g/mol. The highest BCUT2D eigenvalue weighted by molar-refractivity contribution is 7.33. The summed E-state index contributed by atoms with van der Waals surface area (Å²) in [6.45, 7) is 7.17. The standard InChI is InChI=1S/C55H37BN2S/c1-54(2,3)32-29-42-49-46(30-32)57(33-17-5-4-6-18-33)52-38-23-11-16-28-47(38)59-53(52)56(49)50-43(55(42)40-24-12-7-19-34(40)35-20-8-13-25-41(35)55)31-39-36-21-9-14-26-44(36)58-45-27-15-10-22-37(45)48(50)51(39)58/h4-31H,1-3H3. The molecular formula is C55H37BN2S. The van der Waals surface area contributed by atoms with Gasteiger partial charge in [-0.15, -0.1) is 11.3 Å². The monoisotopic (exact) mass is 768 g/mol. The molecule has 276 valence electrons. The Morgan fingerprint density at radius 2 is 1.12 bits per heavy atom. The second kappa shape index (κ2) is 10.9. The maximum absolute atomic E-state index is 2.65. The van der Waals surface area contributed by atoms with Gasteiger partial charge in [0, 0.05) is 47.8 Å². The quantitative estimate of drug-likeness (QED) is 0.151. The molecule has 3 aromatic heterocycles. The van der Waals surface area contributed by atoms with Crippen LogP contribution in [-0.4, -0.2) is 11.1 Å². The summed E-state index contributed by atoms with van der Waals surface area (Å²) in [6.07, 6.45) is 0. The van der Waals surface area contributed by atoms with Crippen LogP contribution in [0.25, 0.3) is 59.3 Å². The zero-order chi connectivity index (χ0) is 38.9. The van der Waals surface area contributed by atoms with Crippen molar-refractivity contribution in [3.8, 4) is 11.1 Å². The van der Waals surface area contributed by atoms with Gasteiger partial charge >= 0.3 is 0 Å². The molecule has 0 unspecified atom stereocenters. The number of hydrogen-bond acceptors (Lipinski definition) is 2. The van der Waals surface area contributed by atoms with E-state index >= 15 is 0 Å². The Morgan fingerprint density at radius 3 is 1.85 bits per heavy atom. The van der Waals surface area contributed by atoms with Gasteiger partial charge in [0.15, 0.2) is 0 Å². The third-order valence-corrected chi connectivity index (χ3v) is 15.3. The first-order chi connectivity index (χ1) is 28.9. The summed E-state index contributed by atoms with van der Waals surface area (Å²) in [5.74, 6) is 0. The third-order valence-electron chi connectivity index (χ3n) is 14.1. The molecule has 2 nitrogen and oxygen atoms in total. The fraction of sp³-hybridized carbons (Fsp3) is 0.0909. The van der Waals surface area contributed by atoms with Crippen LogP contribution in [0, 0.1) is 0 Å². The molecule has 0 N–H and O–H groups in total. The zero-order valence-corrected chi connectivity index (χ0v) is 33.9. The molecule has 1 spiro atoms. The van der Waals surface area contributed by atoms with E-state index in [2.05, 4.69) is 200 Å². The van der Waals surface area contributed by atoms with Gasteiger partial charge in [-0.2, -0.15) is 0 Å². The Bertz CT molecular complexity index is 3580. The van der Waals surface area contributed by atoms with E-state index in [1.54, 1.807) is 0 Å². The summed E-state index contributed by atoms with van der Waals surface area (Å²) in [5, 5.41) is 6.68. The minimum Gasteiger partial charge on any atom is -0.310 e. The number of thiophene rings is 1. The average Bonchev–Trinajstić information content (AvgIpc) is 4.00. The lowest BCUT2D eigenvalue weighted by molar-refractivity contribution is 0.588. The molecule has 8 aromatic carbocycles. The highest BCUT2D eigenvalue weighted by atomic mass is 32.1. The predicted octanol–water partition coefficient (Wildman–Crippen LogP) is 12.3. The van der Waals surface area contributed by atoms with E-state index in [9.17, 15) is 0 Å². The van der Waals surface area contributed by atoms with Crippen LogP contribution in [0.15, 0.2) is 170 Å². The molecule has 4 heteroatoms. The number of nitrogens with zero attached hydrogens (tertiary/aromatic N) is 2. The normalized spacial score (nSPS) is 14.8. The molecule has 3 aliphatic rings. The number of anilines is 3. The highest BCUT2D eigenvalue weighted by Crippen LogP contribution is 2.60. The lowest BCUT2D eigenvalue weighted by Gasteiger charge is -2.47. The fourth-order valence-corrected chi connectivity index (χ4v) is 13.1. The Morgan fingerprint density at radius 1 is 0.525 bits per heavy atom. The minimum absolute atomic E-state index is 0.0129. The molecule has 14 rings (SSSR count). The van der Waals surface area contributed by atoms with Crippen LogP contribution in [0.3, 0.4) is 0 Å². The Labute approximate surface area is 347 Å². The molecule has 0 atom stereocenters. The molecule has 2 aliphatic heterocycles. The van der Waals surface area contributed by atoms with E-state index in [0.29, 0.717) is 0 Å². The summed E-state index contributed by atoms with van der Waals surface area (Å²) in [7, 11) is 0. The van der Waals surface area contributed by atoms with Gasteiger partial charge in [-0.05, 0) is 92.3 Å². The van der Waals surface area contributed by atoms with Crippen LogP contribution in [0.4, 0.5) is 17.1 Å². The Kier molecular flexibility index (Phi) is 5.98. The number of fused-ring (bicyclic) bond motifs is 20. The fourth-order valence-electron chi connectivity index (χ4n) is 11.8. The van der Waals surface area contributed by atoms with Gasteiger partial charge in [0.05, 0.1) is 27.7 Å². The molecule has 0 saturated carbocycles. The van der Waals surface area contributed by atoms with Crippen LogP contribution in [0.2, 0.25) is 0 Å². The summed E-state index contributed by atoms with van der Waals surface area (Å²) in [4.78, 5) is 2.63. The van der Waals surface area contributed by atoms with Gasteiger partial charge < -0.3 is 9.30 Å². The van der Waals surface area contributed by atoms with Gasteiger partial charge in [0.25, 0.3) is 6.71 Å². The first kappa shape index (κ1) is 32.4. The van der Waals surface area contributed by atoms with Crippen molar-refractivity contribution in [3.05, 3.63) is 198 Å². The predicted molar refractivity (Wildman–Crippen MR) is 252 cm³/mol. The first-order valence-corrected chi connectivity index (χ1v) is 21.7. The van der Waals surface area contributed by atoms with E-state index in [0.717, 1.165) is 0 Å². The van der Waals surface area contributed by atoms with Crippen molar-refractivity contribution < 1.29 is 0 Å². The number of benzene rings is 8. The second-order valence-electron chi connectivity index (χ2n) is 17.9. The SMILES string of the molecule is CC(C)(C)c1cc2c3c(c1)C1(c4ccccc4-c4ccccc41)c1cc4c5ccccc5n5c6ccccc6c(c1B3c1sc3ccccc3c1N2c1ccccc1)c45. The van der Waals surface area contributed by atoms with E-state index in [-0.39, 0.29) is 12.1 Å². The topological polar surface area (TPSA) is 7.65 Å². The molecule has 0 radical (unpaired) electrons. The molecule has 0 saturated heterocycles.